The van der Waals surface area contributed by atoms with E-state index in [4.69, 9.17) is 10.8 Å². The SMILES string of the molecule is CC(N)C(CCO)c1cncn1C. The summed E-state index contributed by atoms with van der Waals surface area (Å²) in [6.07, 6.45) is 4.25. The molecule has 0 aromatic carbocycles. The number of hydrogen-bond acceptors (Lipinski definition) is 3. The molecule has 4 heteroatoms. The third kappa shape index (κ3) is 2.29. The Bertz CT molecular complexity index is 257. The van der Waals surface area contributed by atoms with Gasteiger partial charge in [-0.15, -0.1) is 0 Å². The maximum absolute atomic E-state index is 8.89. The second kappa shape index (κ2) is 4.39. The molecule has 1 aromatic rings. The minimum absolute atomic E-state index is 0.0440. The van der Waals surface area contributed by atoms with E-state index in [0.717, 1.165) is 5.69 Å². The minimum Gasteiger partial charge on any atom is -0.396 e. The smallest absolute Gasteiger partial charge is 0.0945 e. The summed E-state index contributed by atoms with van der Waals surface area (Å²) in [5.74, 6) is 0.192. The van der Waals surface area contributed by atoms with E-state index in [1.807, 2.05) is 24.7 Å². The highest BCUT2D eigenvalue weighted by atomic mass is 16.3. The van der Waals surface area contributed by atoms with Crippen molar-refractivity contribution in [2.75, 3.05) is 6.61 Å². The summed E-state index contributed by atoms with van der Waals surface area (Å²) in [4.78, 5) is 4.03. The van der Waals surface area contributed by atoms with Gasteiger partial charge in [0.1, 0.15) is 0 Å². The third-order valence-electron chi connectivity index (χ3n) is 2.31. The van der Waals surface area contributed by atoms with Gasteiger partial charge in [-0.05, 0) is 13.3 Å². The molecule has 1 heterocycles. The largest absolute Gasteiger partial charge is 0.396 e. The van der Waals surface area contributed by atoms with E-state index >= 15 is 0 Å². The van der Waals surface area contributed by atoms with Crippen LogP contribution in [0.4, 0.5) is 0 Å². The number of aryl methyl sites for hydroxylation is 1. The summed E-state index contributed by atoms with van der Waals surface area (Å²) in [7, 11) is 1.94. The fraction of sp³-hybridized carbons (Fsp3) is 0.667. The normalized spacial score (nSPS) is 15.7. The molecule has 1 aromatic heterocycles. The van der Waals surface area contributed by atoms with Crippen LogP contribution in [0, 0.1) is 0 Å². The predicted octanol–water partition coefficient (Wildman–Crippen LogP) is 0.233. The van der Waals surface area contributed by atoms with Crippen molar-refractivity contribution in [2.45, 2.75) is 25.3 Å². The van der Waals surface area contributed by atoms with Gasteiger partial charge in [0.15, 0.2) is 0 Å². The topological polar surface area (TPSA) is 64.1 Å². The van der Waals surface area contributed by atoms with Gasteiger partial charge in [-0.3, -0.25) is 0 Å². The number of nitrogens with two attached hydrogens (primary N) is 1. The maximum Gasteiger partial charge on any atom is 0.0945 e. The van der Waals surface area contributed by atoms with Crippen molar-refractivity contribution in [2.24, 2.45) is 12.8 Å². The fourth-order valence-electron chi connectivity index (χ4n) is 1.54. The maximum atomic E-state index is 8.89. The van der Waals surface area contributed by atoms with Crippen LogP contribution in [0.3, 0.4) is 0 Å². The lowest BCUT2D eigenvalue weighted by atomic mass is 9.95. The van der Waals surface area contributed by atoms with Crippen molar-refractivity contribution < 1.29 is 5.11 Å². The molecule has 0 aliphatic heterocycles. The van der Waals surface area contributed by atoms with Gasteiger partial charge in [-0.25, -0.2) is 4.98 Å². The Balaban J connectivity index is 2.82. The van der Waals surface area contributed by atoms with Crippen LogP contribution in [-0.2, 0) is 7.05 Å². The van der Waals surface area contributed by atoms with Crippen molar-refractivity contribution in [1.82, 2.24) is 9.55 Å². The van der Waals surface area contributed by atoms with E-state index in [9.17, 15) is 0 Å². The molecule has 74 valence electrons. The van der Waals surface area contributed by atoms with Crippen LogP contribution in [0.15, 0.2) is 12.5 Å². The Morgan fingerprint density at radius 2 is 2.38 bits per heavy atom. The molecule has 0 saturated heterocycles. The Morgan fingerprint density at radius 1 is 1.69 bits per heavy atom. The van der Waals surface area contributed by atoms with Crippen LogP contribution in [-0.4, -0.2) is 27.3 Å². The zero-order chi connectivity index (χ0) is 9.84. The quantitative estimate of drug-likeness (QED) is 0.702. The average Bonchev–Trinajstić information content (AvgIpc) is 2.47. The van der Waals surface area contributed by atoms with Gasteiger partial charge in [0.05, 0.1) is 6.33 Å². The molecule has 2 atom stereocenters. The van der Waals surface area contributed by atoms with Crippen LogP contribution >= 0.6 is 0 Å². The molecular weight excluding hydrogens is 166 g/mol. The number of aliphatic hydroxyl groups excluding tert-OH is 1. The van der Waals surface area contributed by atoms with Gasteiger partial charge >= 0.3 is 0 Å². The highest BCUT2D eigenvalue weighted by Crippen LogP contribution is 2.20. The minimum atomic E-state index is 0.0440. The Hall–Kier alpha value is -0.870. The van der Waals surface area contributed by atoms with E-state index in [0.29, 0.717) is 6.42 Å². The van der Waals surface area contributed by atoms with Gasteiger partial charge in [0.25, 0.3) is 0 Å². The molecule has 0 radical (unpaired) electrons. The van der Waals surface area contributed by atoms with Crippen molar-refractivity contribution in [1.29, 1.82) is 0 Å². The van der Waals surface area contributed by atoms with E-state index in [1.54, 1.807) is 6.33 Å². The first-order chi connectivity index (χ1) is 6.16. The zero-order valence-corrected chi connectivity index (χ0v) is 8.14. The summed E-state index contributed by atoms with van der Waals surface area (Å²) >= 11 is 0. The lowest BCUT2D eigenvalue weighted by Crippen LogP contribution is -2.27. The fourth-order valence-corrected chi connectivity index (χ4v) is 1.54. The molecule has 0 aliphatic rings. The standard InChI is InChI=1S/C9H17N3O/c1-7(10)8(3-4-13)9-5-11-6-12(9)2/h5-8,13H,3-4,10H2,1-2H3. The first-order valence-electron chi connectivity index (χ1n) is 4.49. The molecule has 0 amide bonds. The number of hydrogen-bond donors (Lipinski definition) is 2. The Morgan fingerprint density at radius 3 is 2.77 bits per heavy atom. The molecule has 2 unspecified atom stereocenters. The van der Waals surface area contributed by atoms with Crippen LogP contribution in [0.5, 0.6) is 0 Å². The number of aliphatic hydroxyl groups is 1. The predicted molar refractivity (Wildman–Crippen MR) is 51.3 cm³/mol. The second-order valence-electron chi connectivity index (χ2n) is 3.41. The van der Waals surface area contributed by atoms with Gasteiger partial charge in [0.2, 0.25) is 0 Å². The third-order valence-corrected chi connectivity index (χ3v) is 2.31. The molecule has 0 spiro atoms. The molecule has 1 rings (SSSR count). The zero-order valence-electron chi connectivity index (χ0n) is 8.14. The first kappa shape index (κ1) is 10.2. The van der Waals surface area contributed by atoms with Gasteiger partial charge in [-0.1, -0.05) is 0 Å². The molecule has 0 aliphatic carbocycles. The van der Waals surface area contributed by atoms with Gasteiger partial charge < -0.3 is 15.4 Å². The second-order valence-corrected chi connectivity index (χ2v) is 3.41. The first-order valence-corrected chi connectivity index (χ1v) is 4.49. The Kier molecular flexibility index (Phi) is 3.45. The van der Waals surface area contributed by atoms with Crippen LogP contribution < -0.4 is 5.73 Å². The molecule has 0 fully saturated rings. The molecule has 0 saturated carbocycles. The van der Waals surface area contributed by atoms with E-state index in [-0.39, 0.29) is 18.6 Å². The van der Waals surface area contributed by atoms with E-state index in [2.05, 4.69) is 4.98 Å². The summed E-state index contributed by atoms with van der Waals surface area (Å²) in [6.45, 7) is 2.12. The number of aromatic nitrogens is 2. The molecule has 3 N–H and O–H groups in total. The van der Waals surface area contributed by atoms with Gasteiger partial charge in [0, 0.05) is 37.5 Å². The van der Waals surface area contributed by atoms with Crippen molar-refractivity contribution in [3.05, 3.63) is 18.2 Å². The van der Waals surface area contributed by atoms with Crippen molar-refractivity contribution in [3.8, 4) is 0 Å². The van der Waals surface area contributed by atoms with Crippen LogP contribution in [0.1, 0.15) is 25.0 Å². The lowest BCUT2D eigenvalue weighted by molar-refractivity contribution is 0.267. The van der Waals surface area contributed by atoms with Crippen molar-refractivity contribution in [3.63, 3.8) is 0 Å². The monoisotopic (exact) mass is 183 g/mol. The van der Waals surface area contributed by atoms with E-state index < -0.39 is 0 Å². The Labute approximate surface area is 78.4 Å². The van der Waals surface area contributed by atoms with E-state index in [1.165, 1.54) is 0 Å². The summed E-state index contributed by atoms with van der Waals surface area (Å²) in [5.41, 5.74) is 6.92. The highest BCUT2D eigenvalue weighted by Gasteiger charge is 2.18. The lowest BCUT2D eigenvalue weighted by Gasteiger charge is -2.19. The van der Waals surface area contributed by atoms with Crippen LogP contribution in [0.25, 0.3) is 0 Å². The molecular formula is C9H17N3O. The number of rotatable bonds is 4. The molecule has 0 bridgehead atoms. The summed E-state index contributed by atoms with van der Waals surface area (Å²) in [5, 5.41) is 8.89. The van der Waals surface area contributed by atoms with Crippen molar-refractivity contribution >= 4 is 0 Å². The summed E-state index contributed by atoms with van der Waals surface area (Å²) < 4.78 is 1.95. The number of nitrogens with zero attached hydrogens (tertiary/aromatic N) is 2. The van der Waals surface area contributed by atoms with Crippen LogP contribution in [0.2, 0.25) is 0 Å². The highest BCUT2D eigenvalue weighted by molar-refractivity contribution is 5.08. The molecule has 4 nitrogen and oxygen atoms in total. The average molecular weight is 183 g/mol. The molecule has 13 heavy (non-hydrogen) atoms. The summed E-state index contributed by atoms with van der Waals surface area (Å²) in [6, 6.07) is 0.0440. The van der Waals surface area contributed by atoms with Gasteiger partial charge in [-0.2, -0.15) is 0 Å². The number of imidazole rings is 1.